The highest BCUT2D eigenvalue weighted by atomic mass is 16.5. The highest BCUT2D eigenvalue weighted by Gasteiger charge is 2.16. The molecule has 0 saturated heterocycles. The van der Waals surface area contributed by atoms with Gasteiger partial charge in [-0.1, -0.05) is 32.0 Å². The van der Waals surface area contributed by atoms with Gasteiger partial charge in [-0.3, -0.25) is 4.79 Å². The Morgan fingerprint density at radius 1 is 1.00 bits per heavy atom. The first-order valence-electron chi connectivity index (χ1n) is 10.5. The second-order valence-electron chi connectivity index (χ2n) is 7.24. The summed E-state index contributed by atoms with van der Waals surface area (Å²) in [6.07, 6.45) is 2.19. The van der Waals surface area contributed by atoms with Crippen LogP contribution in [-0.4, -0.2) is 42.3 Å². The van der Waals surface area contributed by atoms with E-state index in [0.29, 0.717) is 36.5 Å². The van der Waals surface area contributed by atoms with Crippen LogP contribution in [0.3, 0.4) is 0 Å². The average molecular weight is 428 g/mol. The second-order valence-corrected chi connectivity index (χ2v) is 7.24. The molecule has 7 nitrogen and oxygen atoms in total. The molecule has 0 amide bonds. The molecule has 8 heteroatoms. The molecule has 0 aliphatic rings. The minimum Gasteiger partial charge on any atom is -0.494 e. The van der Waals surface area contributed by atoms with Crippen molar-refractivity contribution in [3.63, 3.8) is 0 Å². The lowest BCUT2D eigenvalue weighted by Gasteiger charge is -2.11. The van der Waals surface area contributed by atoms with Gasteiger partial charge in [0, 0.05) is 6.32 Å². The van der Waals surface area contributed by atoms with Crippen LogP contribution in [0.1, 0.15) is 49.0 Å². The predicted molar refractivity (Wildman–Crippen MR) is 117 cm³/mol. The topological polar surface area (TPSA) is 102 Å². The Labute approximate surface area is 183 Å². The van der Waals surface area contributed by atoms with Crippen LogP contribution in [0.15, 0.2) is 48.5 Å². The van der Waals surface area contributed by atoms with Crippen LogP contribution in [0.25, 0.3) is 0 Å². The second kappa shape index (κ2) is 12.8. The molecule has 2 aromatic rings. The van der Waals surface area contributed by atoms with Gasteiger partial charge in [0.15, 0.2) is 0 Å². The maximum absolute atomic E-state index is 12.4. The number of hydrogen-bond donors (Lipinski definition) is 2. The van der Waals surface area contributed by atoms with E-state index in [2.05, 4.69) is 0 Å². The molecule has 0 spiro atoms. The van der Waals surface area contributed by atoms with Gasteiger partial charge in [0.2, 0.25) is 0 Å². The van der Waals surface area contributed by atoms with Gasteiger partial charge in [-0.25, -0.2) is 4.79 Å². The van der Waals surface area contributed by atoms with Crippen LogP contribution in [0, 0.1) is 5.92 Å². The summed E-state index contributed by atoms with van der Waals surface area (Å²) in [5.74, 6) is 0.124. The van der Waals surface area contributed by atoms with Crippen LogP contribution in [0.2, 0.25) is 0 Å². The molecule has 2 aromatic carbocycles. The lowest BCUT2D eigenvalue weighted by Crippen LogP contribution is -2.17. The Kier molecular flexibility index (Phi) is 10.1. The lowest BCUT2D eigenvalue weighted by molar-refractivity contribution is -0.148. The van der Waals surface area contributed by atoms with E-state index in [0.717, 1.165) is 12.8 Å². The van der Waals surface area contributed by atoms with E-state index < -0.39 is 13.1 Å². The van der Waals surface area contributed by atoms with E-state index in [1.807, 2.05) is 13.8 Å². The quantitative estimate of drug-likeness (QED) is 0.232. The van der Waals surface area contributed by atoms with Crippen molar-refractivity contribution in [2.45, 2.75) is 39.4 Å². The summed E-state index contributed by atoms with van der Waals surface area (Å²) in [5.41, 5.74) is 0.879. The minimum absolute atomic E-state index is 0.0347. The molecule has 0 aliphatic carbocycles. The first-order valence-corrected chi connectivity index (χ1v) is 10.5. The molecule has 1 atom stereocenters. The van der Waals surface area contributed by atoms with Crippen molar-refractivity contribution in [1.29, 1.82) is 0 Å². The van der Waals surface area contributed by atoms with E-state index in [-0.39, 0.29) is 24.0 Å². The van der Waals surface area contributed by atoms with E-state index in [1.165, 1.54) is 0 Å². The molecule has 31 heavy (non-hydrogen) atoms. The fourth-order valence-electron chi connectivity index (χ4n) is 2.69. The first kappa shape index (κ1) is 24.4. The third-order valence-electron chi connectivity index (χ3n) is 4.73. The lowest BCUT2D eigenvalue weighted by atomic mass is 9.82. The number of unbranched alkanes of at least 4 members (excludes halogenated alkanes) is 1. The fraction of sp³-hybridized carbons (Fsp3) is 0.391. The van der Waals surface area contributed by atoms with Crippen LogP contribution < -0.4 is 9.47 Å². The van der Waals surface area contributed by atoms with Gasteiger partial charge in [-0.05, 0) is 55.2 Å². The molecule has 0 heterocycles. The molecule has 0 aliphatic heterocycles. The summed E-state index contributed by atoms with van der Waals surface area (Å²) in [6, 6.07) is 13.3. The average Bonchev–Trinajstić information content (AvgIpc) is 2.76. The van der Waals surface area contributed by atoms with E-state index in [1.54, 1.807) is 48.5 Å². The molecule has 0 aromatic heterocycles. The summed E-state index contributed by atoms with van der Waals surface area (Å²) in [4.78, 5) is 24.0. The SMILES string of the molecule is CCC(C)C(=O)OCCCCOc1ccc(C(=O)Oc2ccccc2CB(O)O)cc1. The molecule has 1 unspecified atom stereocenters. The summed E-state index contributed by atoms with van der Waals surface area (Å²) in [7, 11) is -1.52. The van der Waals surface area contributed by atoms with Crippen molar-refractivity contribution in [2.75, 3.05) is 13.2 Å². The van der Waals surface area contributed by atoms with Gasteiger partial charge in [0.1, 0.15) is 11.5 Å². The molecule has 2 rings (SSSR count). The van der Waals surface area contributed by atoms with Crippen molar-refractivity contribution >= 4 is 19.1 Å². The van der Waals surface area contributed by atoms with Gasteiger partial charge >= 0.3 is 19.1 Å². The Balaban J connectivity index is 1.77. The smallest absolute Gasteiger partial charge is 0.456 e. The number of rotatable bonds is 12. The van der Waals surface area contributed by atoms with Crippen LogP contribution >= 0.6 is 0 Å². The zero-order chi connectivity index (χ0) is 22.6. The van der Waals surface area contributed by atoms with Crippen LogP contribution in [0.4, 0.5) is 0 Å². The van der Waals surface area contributed by atoms with E-state index in [4.69, 9.17) is 24.3 Å². The van der Waals surface area contributed by atoms with Gasteiger partial charge < -0.3 is 24.3 Å². The number of carbonyl (C=O) groups excluding carboxylic acids is 2. The molecular formula is C23H29BO7. The first-order chi connectivity index (χ1) is 14.9. The number of ether oxygens (including phenoxy) is 3. The molecule has 0 radical (unpaired) electrons. The van der Waals surface area contributed by atoms with Crippen LogP contribution in [-0.2, 0) is 15.9 Å². The number of para-hydroxylation sites is 1. The highest BCUT2D eigenvalue weighted by molar-refractivity contribution is 6.40. The van der Waals surface area contributed by atoms with Crippen molar-refractivity contribution in [2.24, 2.45) is 5.92 Å². The normalized spacial score (nSPS) is 11.5. The van der Waals surface area contributed by atoms with E-state index in [9.17, 15) is 9.59 Å². The standard InChI is InChI=1S/C23H29BO7/c1-3-17(2)22(25)30-15-7-6-14-29-20-12-10-18(11-13-20)23(26)31-21-9-5-4-8-19(21)16-24(27)28/h4-5,8-13,17,27-28H,3,6-7,14-16H2,1-2H3. The van der Waals surface area contributed by atoms with E-state index >= 15 is 0 Å². The van der Waals surface area contributed by atoms with Crippen molar-refractivity contribution < 1.29 is 33.8 Å². The number of esters is 2. The van der Waals surface area contributed by atoms with Gasteiger partial charge in [-0.2, -0.15) is 0 Å². The summed E-state index contributed by atoms with van der Waals surface area (Å²) in [5, 5.41) is 18.3. The van der Waals surface area contributed by atoms with Crippen molar-refractivity contribution in [3.8, 4) is 11.5 Å². The zero-order valence-corrected chi connectivity index (χ0v) is 18.0. The monoisotopic (exact) mass is 428 g/mol. The number of benzene rings is 2. The predicted octanol–water partition coefficient (Wildman–Crippen LogP) is 3.21. The molecule has 166 valence electrons. The molecule has 0 fully saturated rings. The Hall–Kier alpha value is -2.84. The summed E-state index contributed by atoms with van der Waals surface area (Å²) >= 11 is 0. The Bertz CT molecular complexity index is 836. The number of hydrogen-bond acceptors (Lipinski definition) is 7. The maximum atomic E-state index is 12.4. The third-order valence-corrected chi connectivity index (χ3v) is 4.73. The fourth-order valence-corrected chi connectivity index (χ4v) is 2.69. The summed E-state index contributed by atoms with van der Waals surface area (Å²) < 4.78 is 16.2. The number of carbonyl (C=O) groups is 2. The molecule has 2 N–H and O–H groups in total. The van der Waals surface area contributed by atoms with Gasteiger partial charge in [-0.15, -0.1) is 0 Å². The molecule has 0 saturated carbocycles. The molecular weight excluding hydrogens is 399 g/mol. The Morgan fingerprint density at radius 2 is 1.68 bits per heavy atom. The van der Waals surface area contributed by atoms with Crippen LogP contribution in [0.5, 0.6) is 11.5 Å². The highest BCUT2D eigenvalue weighted by Crippen LogP contribution is 2.21. The maximum Gasteiger partial charge on any atom is 0.456 e. The van der Waals surface area contributed by atoms with Crippen molar-refractivity contribution in [3.05, 3.63) is 59.7 Å². The zero-order valence-electron chi connectivity index (χ0n) is 18.0. The van der Waals surface area contributed by atoms with Gasteiger partial charge in [0.05, 0.1) is 24.7 Å². The van der Waals surface area contributed by atoms with Gasteiger partial charge in [0.25, 0.3) is 0 Å². The summed E-state index contributed by atoms with van der Waals surface area (Å²) in [6.45, 7) is 4.66. The third kappa shape index (κ3) is 8.43. The van der Waals surface area contributed by atoms with Crippen molar-refractivity contribution in [1.82, 2.24) is 0 Å². The molecule has 0 bridgehead atoms. The Morgan fingerprint density at radius 3 is 2.35 bits per heavy atom. The minimum atomic E-state index is -1.52. The largest absolute Gasteiger partial charge is 0.494 e.